The first kappa shape index (κ1) is 18.9. The highest BCUT2D eigenvalue weighted by Crippen LogP contribution is 2.31. The van der Waals surface area contributed by atoms with E-state index in [0.29, 0.717) is 30.6 Å². The van der Waals surface area contributed by atoms with Crippen molar-refractivity contribution >= 4 is 5.91 Å². The minimum absolute atomic E-state index is 0.184. The fourth-order valence-corrected chi connectivity index (χ4v) is 3.18. The van der Waals surface area contributed by atoms with Crippen LogP contribution in [0, 0.1) is 11.6 Å². The van der Waals surface area contributed by atoms with Crippen molar-refractivity contribution in [3.05, 3.63) is 54.3 Å². The second kappa shape index (κ2) is 8.29. The van der Waals surface area contributed by atoms with E-state index in [1.807, 2.05) is 0 Å². The number of piperidine rings is 1. The number of aromatic nitrogens is 4. The number of hydrogen-bond donors (Lipinski definition) is 0. The van der Waals surface area contributed by atoms with Gasteiger partial charge in [0.1, 0.15) is 17.6 Å². The number of carbonyl (C=O) groups excluding carboxylic acids is 1. The minimum atomic E-state index is -0.862. The molecule has 3 heterocycles. The number of hydrogen-bond acceptors (Lipinski definition) is 7. The first-order valence-corrected chi connectivity index (χ1v) is 9.09. The molecule has 1 atom stereocenters. The van der Waals surface area contributed by atoms with Gasteiger partial charge >= 0.3 is 0 Å². The molecule has 1 aliphatic rings. The van der Waals surface area contributed by atoms with E-state index in [-0.39, 0.29) is 24.2 Å². The highest BCUT2D eigenvalue weighted by atomic mass is 19.1. The standard InChI is InChI=1S/C19H17F2N5O3/c20-12-4-5-16(13(21)9-12)28-11-17(27)26-8-2-1-3-15(26)19-25-24-18(29-19)14-10-22-6-7-23-14/h4-7,9-10,15H,1-3,8,11H2/t15-/m0/s1. The lowest BCUT2D eigenvalue weighted by atomic mass is 10.0. The van der Waals surface area contributed by atoms with Crippen molar-refractivity contribution in [3.8, 4) is 17.3 Å². The maximum Gasteiger partial charge on any atom is 0.267 e. The SMILES string of the molecule is O=C(COc1ccc(F)cc1F)N1CCCC[C@H]1c1nnc(-c2cnccn2)o1. The van der Waals surface area contributed by atoms with E-state index >= 15 is 0 Å². The Morgan fingerprint density at radius 1 is 1.24 bits per heavy atom. The lowest BCUT2D eigenvalue weighted by Gasteiger charge is -2.33. The summed E-state index contributed by atoms with van der Waals surface area (Å²) in [5.41, 5.74) is 0.440. The monoisotopic (exact) mass is 401 g/mol. The lowest BCUT2D eigenvalue weighted by Crippen LogP contribution is -2.41. The first-order valence-electron chi connectivity index (χ1n) is 9.09. The van der Waals surface area contributed by atoms with Gasteiger partial charge in [-0.25, -0.2) is 13.8 Å². The number of amides is 1. The summed E-state index contributed by atoms with van der Waals surface area (Å²) in [6.45, 7) is 0.103. The Kier molecular flexibility index (Phi) is 5.41. The Hall–Kier alpha value is -3.43. The van der Waals surface area contributed by atoms with Gasteiger partial charge in [-0.2, -0.15) is 0 Å². The predicted molar refractivity (Wildman–Crippen MR) is 95.5 cm³/mol. The summed E-state index contributed by atoms with van der Waals surface area (Å²) in [5.74, 6) is -1.60. The number of carbonyl (C=O) groups is 1. The van der Waals surface area contributed by atoms with Gasteiger partial charge < -0.3 is 14.1 Å². The summed E-state index contributed by atoms with van der Waals surface area (Å²) < 4.78 is 37.7. The third-order valence-electron chi connectivity index (χ3n) is 4.58. The number of ether oxygens (including phenoxy) is 1. The zero-order valence-electron chi connectivity index (χ0n) is 15.3. The second-order valence-electron chi connectivity index (χ2n) is 6.50. The van der Waals surface area contributed by atoms with Gasteiger partial charge in [-0.15, -0.1) is 10.2 Å². The highest BCUT2D eigenvalue weighted by molar-refractivity contribution is 5.78. The number of benzene rings is 1. The fraction of sp³-hybridized carbons (Fsp3) is 0.316. The molecule has 0 radical (unpaired) electrons. The van der Waals surface area contributed by atoms with E-state index in [9.17, 15) is 13.6 Å². The van der Waals surface area contributed by atoms with Crippen LogP contribution in [-0.4, -0.2) is 44.1 Å². The zero-order valence-corrected chi connectivity index (χ0v) is 15.3. The van der Waals surface area contributed by atoms with Crippen LogP contribution in [-0.2, 0) is 4.79 Å². The van der Waals surface area contributed by atoms with Gasteiger partial charge in [0.25, 0.3) is 11.8 Å². The molecule has 0 unspecified atom stereocenters. The minimum Gasteiger partial charge on any atom is -0.481 e. The van der Waals surface area contributed by atoms with Crippen molar-refractivity contribution in [2.45, 2.75) is 25.3 Å². The second-order valence-corrected chi connectivity index (χ2v) is 6.50. The maximum absolute atomic E-state index is 13.7. The van der Waals surface area contributed by atoms with Crippen molar-refractivity contribution in [1.29, 1.82) is 0 Å². The van der Waals surface area contributed by atoms with E-state index in [1.54, 1.807) is 4.90 Å². The summed E-state index contributed by atoms with van der Waals surface area (Å²) in [5, 5.41) is 8.07. The molecule has 3 aromatic rings. The molecule has 150 valence electrons. The molecule has 10 heteroatoms. The number of rotatable bonds is 5. The van der Waals surface area contributed by atoms with Crippen molar-refractivity contribution < 1.29 is 22.7 Å². The Labute approximate surface area is 164 Å². The van der Waals surface area contributed by atoms with Crippen molar-refractivity contribution in [3.63, 3.8) is 0 Å². The molecule has 0 N–H and O–H groups in total. The van der Waals surface area contributed by atoms with Gasteiger partial charge in [0.2, 0.25) is 5.89 Å². The molecule has 1 amide bonds. The smallest absolute Gasteiger partial charge is 0.267 e. The van der Waals surface area contributed by atoms with Crippen molar-refractivity contribution in [1.82, 2.24) is 25.1 Å². The Morgan fingerprint density at radius 2 is 2.14 bits per heavy atom. The van der Waals surface area contributed by atoms with Crippen LogP contribution in [0.4, 0.5) is 8.78 Å². The average Bonchev–Trinajstić information content (AvgIpc) is 3.24. The fourth-order valence-electron chi connectivity index (χ4n) is 3.18. The summed E-state index contributed by atoms with van der Waals surface area (Å²) in [6.07, 6.45) is 6.92. The molecule has 4 rings (SSSR count). The molecule has 0 spiro atoms. The molecule has 2 aromatic heterocycles. The van der Waals surface area contributed by atoms with E-state index in [1.165, 1.54) is 18.6 Å². The van der Waals surface area contributed by atoms with E-state index in [2.05, 4.69) is 20.2 Å². The molecule has 29 heavy (non-hydrogen) atoms. The van der Waals surface area contributed by atoms with Crippen LogP contribution in [0.2, 0.25) is 0 Å². The third kappa shape index (κ3) is 4.20. The molecular weight excluding hydrogens is 384 g/mol. The van der Waals surface area contributed by atoms with Crippen molar-refractivity contribution in [2.24, 2.45) is 0 Å². The normalized spacial score (nSPS) is 16.6. The summed E-state index contributed by atoms with van der Waals surface area (Å²) >= 11 is 0. The van der Waals surface area contributed by atoms with Crippen LogP contribution >= 0.6 is 0 Å². The first-order chi connectivity index (χ1) is 14.1. The zero-order chi connectivity index (χ0) is 20.2. The Morgan fingerprint density at radius 3 is 2.93 bits per heavy atom. The van der Waals surface area contributed by atoms with Crippen LogP contribution in [0.3, 0.4) is 0 Å². The largest absolute Gasteiger partial charge is 0.481 e. The van der Waals surface area contributed by atoms with Gasteiger partial charge in [0, 0.05) is 25.0 Å². The van der Waals surface area contributed by atoms with Crippen LogP contribution < -0.4 is 4.74 Å². The van der Waals surface area contributed by atoms with E-state index in [0.717, 1.165) is 25.0 Å². The molecule has 8 nitrogen and oxygen atoms in total. The average molecular weight is 401 g/mol. The molecule has 0 saturated carbocycles. The van der Waals surface area contributed by atoms with Gasteiger partial charge in [-0.3, -0.25) is 9.78 Å². The Bertz CT molecular complexity index is 999. The highest BCUT2D eigenvalue weighted by Gasteiger charge is 2.32. The maximum atomic E-state index is 13.7. The molecule has 1 aromatic carbocycles. The summed E-state index contributed by atoms with van der Waals surface area (Å²) in [7, 11) is 0. The molecule has 0 aliphatic carbocycles. The van der Waals surface area contributed by atoms with Gasteiger partial charge in [0.15, 0.2) is 18.2 Å². The summed E-state index contributed by atoms with van der Waals surface area (Å²) in [6, 6.07) is 2.52. The van der Waals surface area contributed by atoms with E-state index in [4.69, 9.17) is 9.15 Å². The number of halogens is 2. The van der Waals surface area contributed by atoms with E-state index < -0.39 is 17.7 Å². The van der Waals surface area contributed by atoms with Crippen LogP contribution in [0.5, 0.6) is 5.75 Å². The lowest BCUT2D eigenvalue weighted by molar-refractivity contribution is -0.137. The van der Waals surface area contributed by atoms with Crippen LogP contribution in [0.25, 0.3) is 11.6 Å². The van der Waals surface area contributed by atoms with Gasteiger partial charge in [0.05, 0.1) is 6.20 Å². The topological polar surface area (TPSA) is 94.2 Å². The van der Waals surface area contributed by atoms with Gasteiger partial charge in [-0.05, 0) is 31.4 Å². The predicted octanol–water partition coefficient (Wildman–Crippen LogP) is 2.94. The molecule has 1 aliphatic heterocycles. The summed E-state index contributed by atoms with van der Waals surface area (Å²) in [4.78, 5) is 22.4. The Balaban J connectivity index is 1.47. The molecule has 1 saturated heterocycles. The molecule has 0 bridgehead atoms. The number of nitrogens with zero attached hydrogens (tertiary/aromatic N) is 5. The van der Waals surface area contributed by atoms with Crippen molar-refractivity contribution in [2.75, 3.05) is 13.2 Å². The quantitative estimate of drug-likeness (QED) is 0.649. The van der Waals surface area contributed by atoms with Gasteiger partial charge in [-0.1, -0.05) is 0 Å². The van der Waals surface area contributed by atoms with Crippen LogP contribution in [0.15, 0.2) is 41.2 Å². The molecule has 1 fully saturated rings. The number of likely N-dealkylation sites (tertiary alicyclic amines) is 1. The van der Waals surface area contributed by atoms with Crippen LogP contribution in [0.1, 0.15) is 31.2 Å². The molecular formula is C19H17F2N5O3. The third-order valence-corrected chi connectivity index (χ3v) is 4.58.